The summed E-state index contributed by atoms with van der Waals surface area (Å²) in [6.45, 7) is 2.07. The zero-order valence-corrected chi connectivity index (χ0v) is 12.5. The van der Waals surface area contributed by atoms with Gasteiger partial charge in [0.25, 0.3) is 0 Å². The first kappa shape index (κ1) is 16.6. The Kier molecular flexibility index (Phi) is 4.55. The summed E-state index contributed by atoms with van der Waals surface area (Å²) in [6, 6.07) is -1.17. The number of hydrogen-bond donors (Lipinski definition) is 1. The van der Waals surface area contributed by atoms with Gasteiger partial charge in [0.1, 0.15) is 6.04 Å². The van der Waals surface area contributed by atoms with Crippen molar-refractivity contribution < 1.29 is 31.8 Å². The zero-order chi connectivity index (χ0) is 15.8. The minimum absolute atomic E-state index is 0.0315. The summed E-state index contributed by atoms with van der Waals surface area (Å²) in [6.07, 6.45) is -1.28. The zero-order valence-electron chi connectivity index (χ0n) is 11.7. The van der Waals surface area contributed by atoms with E-state index in [4.69, 9.17) is 9.84 Å². The summed E-state index contributed by atoms with van der Waals surface area (Å²) in [4.78, 5) is 11.2. The Bertz CT molecular complexity index is 502. The third-order valence-electron chi connectivity index (χ3n) is 3.88. The van der Waals surface area contributed by atoms with Crippen LogP contribution >= 0.6 is 0 Å². The van der Waals surface area contributed by atoms with Crippen LogP contribution in [-0.4, -0.2) is 60.8 Å². The van der Waals surface area contributed by atoms with Gasteiger partial charge in [-0.25, -0.2) is 17.2 Å². The fraction of sp³-hybridized carbons (Fsp3) is 0.917. The number of sulfonamides is 1. The first-order valence-corrected chi connectivity index (χ1v) is 8.47. The molecule has 0 bridgehead atoms. The van der Waals surface area contributed by atoms with Gasteiger partial charge in [0, 0.05) is 32.4 Å². The molecule has 2 aliphatic rings. The van der Waals surface area contributed by atoms with Crippen LogP contribution in [0.3, 0.4) is 0 Å². The van der Waals surface area contributed by atoms with E-state index in [1.165, 1.54) is 0 Å². The number of ether oxygens (including phenoxy) is 1. The van der Waals surface area contributed by atoms with Gasteiger partial charge in [0.2, 0.25) is 15.9 Å². The standard InChI is InChI=1S/C12H19F2NO5S/c1-2-20-9-3-10(11(16)17)15(6-9)21(18,19)7-8-4-12(13,14)5-8/h8-10H,2-7H2,1H3,(H,16,17)/t9-,10+/m1/s1. The van der Waals surface area contributed by atoms with Crippen LogP contribution in [0.4, 0.5) is 8.78 Å². The van der Waals surface area contributed by atoms with Crippen molar-refractivity contribution in [3.8, 4) is 0 Å². The van der Waals surface area contributed by atoms with Crippen molar-refractivity contribution in [2.45, 2.75) is 44.3 Å². The lowest BCUT2D eigenvalue weighted by Crippen LogP contribution is -2.46. The highest BCUT2D eigenvalue weighted by atomic mass is 32.2. The molecule has 0 spiro atoms. The number of rotatable bonds is 6. The third kappa shape index (κ3) is 3.70. The molecular weight excluding hydrogens is 308 g/mol. The van der Waals surface area contributed by atoms with Gasteiger partial charge in [-0.1, -0.05) is 0 Å². The highest BCUT2D eigenvalue weighted by Gasteiger charge is 2.50. The fourth-order valence-electron chi connectivity index (χ4n) is 2.95. The molecule has 1 aliphatic carbocycles. The number of carboxylic acid groups (broad SMARTS) is 1. The SMILES string of the molecule is CCO[C@@H]1C[C@@H](C(=O)O)N(S(=O)(=O)CC2CC(F)(F)C2)C1. The van der Waals surface area contributed by atoms with Gasteiger partial charge in [0.15, 0.2) is 0 Å². The van der Waals surface area contributed by atoms with Crippen LogP contribution in [0, 0.1) is 5.92 Å². The third-order valence-corrected chi connectivity index (χ3v) is 5.89. The molecule has 122 valence electrons. The van der Waals surface area contributed by atoms with Crippen molar-refractivity contribution in [3.63, 3.8) is 0 Å². The minimum atomic E-state index is -3.88. The van der Waals surface area contributed by atoms with Gasteiger partial charge < -0.3 is 9.84 Å². The maximum Gasteiger partial charge on any atom is 0.322 e. The lowest BCUT2D eigenvalue weighted by molar-refractivity contribution is -0.140. The Hall–Kier alpha value is -0.800. The number of nitrogens with zero attached hydrogens (tertiary/aromatic N) is 1. The molecule has 1 aliphatic heterocycles. The Morgan fingerprint density at radius 3 is 2.52 bits per heavy atom. The van der Waals surface area contributed by atoms with E-state index in [2.05, 4.69) is 0 Å². The second-order valence-corrected chi connectivity index (χ2v) is 7.61. The van der Waals surface area contributed by atoms with Crippen LogP contribution in [0.2, 0.25) is 0 Å². The Labute approximate surface area is 122 Å². The highest BCUT2D eigenvalue weighted by Crippen LogP contribution is 2.43. The molecule has 1 heterocycles. The van der Waals surface area contributed by atoms with Crippen molar-refractivity contribution in [1.29, 1.82) is 0 Å². The van der Waals surface area contributed by atoms with Crippen molar-refractivity contribution in [2.75, 3.05) is 18.9 Å². The molecule has 0 aromatic rings. The summed E-state index contributed by atoms with van der Waals surface area (Å²) >= 11 is 0. The number of hydrogen-bond acceptors (Lipinski definition) is 4. The van der Waals surface area contributed by atoms with Crippen molar-refractivity contribution >= 4 is 16.0 Å². The summed E-state index contributed by atoms with van der Waals surface area (Å²) in [5.41, 5.74) is 0. The number of alkyl halides is 2. The monoisotopic (exact) mass is 327 g/mol. The molecule has 1 saturated carbocycles. The van der Waals surface area contributed by atoms with Gasteiger partial charge in [-0.3, -0.25) is 4.79 Å². The average molecular weight is 327 g/mol. The smallest absolute Gasteiger partial charge is 0.322 e. The molecule has 0 aromatic heterocycles. The number of carboxylic acids is 1. The Morgan fingerprint density at radius 1 is 1.43 bits per heavy atom. The molecule has 0 unspecified atom stereocenters. The van der Waals surface area contributed by atoms with Crippen LogP contribution in [-0.2, 0) is 19.6 Å². The van der Waals surface area contributed by atoms with Crippen LogP contribution in [0.15, 0.2) is 0 Å². The largest absolute Gasteiger partial charge is 0.480 e. The van der Waals surface area contributed by atoms with E-state index in [0.717, 1.165) is 4.31 Å². The first-order valence-electron chi connectivity index (χ1n) is 6.86. The van der Waals surface area contributed by atoms with Gasteiger partial charge in [-0.05, 0) is 12.8 Å². The number of carbonyl (C=O) groups is 1. The van der Waals surface area contributed by atoms with E-state index in [0.29, 0.717) is 6.61 Å². The van der Waals surface area contributed by atoms with Gasteiger partial charge >= 0.3 is 5.97 Å². The van der Waals surface area contributed by atoms with Gasteiger partial charge in [-0.15, -0.1) is 0 Å². The van der Waals surface area contributed by atoms with Crippen molar-refractivity contribution in [3.05, 3.63) is 0 Å². The molecule has 9 heteroatoms. The molecule has 0 radical (unpaired) electrons. The quantitative estimate of drug-likeness (QED) is 0.784. The van der Waals surface area contributed by atoms with Crippen molar-refractivity contribution in [1.82, 2.24) is 4.31 Å². The van der Waals surface area contributed by atoms with Crippen LogP contribution in [0.5, 0.6) is 0 Å². The summed E-state index contributed by atoms with van der Waals surface area (Å²) < 4.78 is 56.3. The van der Waals surface area contributed by atoms with E-state index < -0.39 is 58.6 Å². The molecular formula is C12H19F2NO5S. The minimum Gasteiger partial charge on any atom is -0.480 e. The molecule has 0 aromatic carbocycles. The maximum atomic E-state index is 12.8. The van der Waals surface area contributed by atoms with Crippen LogP contribution in [0.1, 0.15) is 26.2 Å². The van der Waals surface area contributed by atoms with Gasteiger partial charge in [0.05, 0.1) is 11.9 Å². The number of aliphatic carboxylic acids is 1. The second-order valence-electron chi connectivity index (χ2n) is 5.65. The molecule has 1 N–H and O–H groups in total. The second kappa shape index (κ2) is 5.77. The summed E-state index contributed by atoms with van der Waals surface area (Å²) in [5.74, 6) is -5.05. The predicted octanol–water partition coefficient (Wildman–Crippen LogP) is 0.925. The van der Waals surface area contributed by atoms with Crippen LogP contribution in [0.25, 0.3) is 0 Å². The van der Waals surface area contributed by atoms with Crippen LogP contribution < -0.4 is 0 Å². The molecule has 1 saturated heterocycles. The van der Waals surface area contributed by atoms with E-state index in [1.807, 2.05) is 0 Å². The fourth-order valence-corrected chi connectivity index (χ4v) is 4.93. The molecule has 21 heavy (non-hydrogen) atoms. The molecule has 2 fully saturated rings. The highest BCUT2D eigenvalue weighted by molar-refractivity contribution is 7.89. The maximum absolute atomic E-state index is 12.8. The first-order chi connectivity index (χ1) is 9.64. The summed E-state index contributed by atoms with van der Waals surface area (Å²) in [7, 11) is -3.88. The average Bonchev–Trinajstić information content (AvgIpc) is 2.71. The van der Waals surface area contributed by atoms with E-state index >= 15 is 0 Å². The summed E-state index contributed by atoms with van der Waals surface area (Å²) in [5, 5.41) is 9.14. The van der Waals surface area contributed by atoms with E-state index in [1.54, 1.807) is 6.92 Å². The Balaban J connectivity index is 2.05. The predicted molar refractivity (Wildman–Crippen MR) is 69.6 cm³/mol. The topological polar surface area (TPSA) is 83.9 Å². The Morgan fingerprint density at radius 2 is 2.05 bits per heavy atom. The lowest BCUT2D eigenvalue weighted by atomic mass is 9.83. The lowest BCUT2D eigenvalue weighted by Gasteiger charge is -2.35. The molecule has 0 amide bonds. The van der Waals surface area contributed by atoms with E-state index in [9.17, 15) is 22.0 Å². The number of halogens is 2. The van der Waals surface area contributed by atoms with E-state index in [-0.39, 0.29) is 13.0 Å². The molecule has 2 rings (SSSR count). The van der Waals surface area contributed by atoms with Crippen molar-refractivity contribution in [2.24, 2.45) is 5.92 Å². The molecule has 2 atom stereocenters. The molecule has 6 nitrogen and oxygen atoms in total. The van der Waals surface area contributed by atoms with Gasteiger partial charge in [-0.2, -0.15) is 4.31 Å². The normalized spacial score (nSPS) is 30.2.